The lowest BCUT2D eigenvalue weighted by Crippen LogP contribution is -2.41. The molecule has 2 atom stereocenters. The molecular weight excluding hydrogens is 232 g/mol. The fourth-order valence-corrected chi connectivity index (χ4v) is 2.72. The van der Waals surface area contributed by atoms with Gasteiger partial charge in [-0.05, 0) is 39.5 Å². The standard InChI is InChI=1S/C14H24O4/c1-4-17-12(15)10-11-8-6-7-9-14(11,3)13(16)18-5-2/h11H,4-10H2,1-3H3/t11-,14+/m0/s1. The number of hydrogen-bond acceptors (Lipinski definition) is 4. The Morgan fingerprint density at radius 1 is 1.17 bits per heavy atom. The minimum absolute atomic E-state index is 0.0457. The van der Waals surface area contributed by atoms with Crippen LogP contribution in [-0.2, 0) is 19.1 Å². The molecule has 0 unspecified atom stereocenters. The summed E-state index contributed by atoms with van der Waals surface area (Å²) in [5, 5.41) is 0. The highest BCUT2D eigenvalue weighted by Crippen LogP contribution is 2.43. The number of esters is 2. The third kappa shape index (κ3) is 3.47. The highest BCUT2D eigenvalue weighted by Gasteiger charge is 2.44. The van der Waals surface area contributed by atoms with Crippen LogP contribution in [-0.4, -0.2) is 25.2 Å². The Morgan fingerprint density at radius 2 is 1.83 bits per heavy atom. The molecule has 0 aromatic rings. The Morgan fingerprint density at radius 3 is 2.44 bits per heavy atom. The first-order chi connectivity index (χ1) is 8.54. The largest absolute Gasteiger partial charge is 0.466 e. The van der Waals surface area contributed by atoms with Crippen LogP contribution in [0.25, 0.3) is 0 Å². The second-order valence-electron chi connectivity index (χ2n) is 5.09. The molecule has 0 N–H and O–H groups in total. The molecule has 0 aliphatic heterocycles. The number of carbonyl (C=O) groups excluding carboxylic acids is 2. The monoisotopic (exact) mass is 256 g/mol. The van der Waals surface area contributed by atoms with Gasteiger partial charge in [0, 0.05) is 6.42 Å². The van der Waals surface area contributed by atoms with Crippen molar-refractivity contribution >= 4 is 11.9 Å². The van der Waals surface area contributed by atoms with E-state index in [2.05, 4.69) is 0 Å². The highest BCUT2D eigenvalue weighted by molar-refractivity contribution is 5.78. The summed E-state index contributed by atoms with van der Waals surface area (Å²) in [7, 11) is 0. The lowest BCUT2D eigenvalue weighted by Gasteiger charge is -2.38. The lowest BCUT2D eigenvalue weighted by molar-refractivity contribution is -0.162. The number of rotatable bonds is 5. The zero-order chi connectivity index (χ0) is 13.6. The molecule has 0 saturated heterocycles. The topological polar surface area (TPSA) is 52.6 Å². The first-order valence-corrected chi connectivity index (χ1v) is 6.87. The molecular formula is C14H24O4. The Labute approximate surface area is 109 Å². The Hall–Kier alpha value is -1.06. The van der Waals surface area contributed by atoms with Crippen LogP contribution in [0.5, 0.6) is 0 Å². The van der Waals surface area contributed by atoms with Crippen molar-refractivity contribution in [1.29, 1.82) is 0 Å². The summed E-state index contributed by atoms with van der Waals surface area (Å²) in [6.07, 6.45) is 4.11. The van der Waals surface area contributed by atoms with Gasteiger partial charge in [0.15, 0.2) is 0 Å². The van der Waals surface area contributed by atoms with E-state index < -0.39 is 5.41 Å². The Kier molecular flexibility index (Phi) is 5.63. The van der Waals surface area contributed by atoms with Gasteiger partial charge in [-0.1, -0.05) is 12.8 Å². The van der Waals surface area contributed by atoms with E-state index in [0.717, 1.165) is 25.7 Å². The molecule has 4 nitrogen and oxygen atoms in total. The van der Waals surface area contributed by atoms with Crippen LogP contribution in [0.3, 0.4) is 0 Å². The van der Waals surface area contributed by atoms with Crippen molar-refractivity contribution in [3.8, 4) is 0 Å². The molecule has 0 aromatic carbocycles. The van der Waals surface area contributed by atoms with E-state index in [1.165, 1.54) is 0 Å². The molecule has 18 heavy (non-hydrogen) atoms. The molecule has 1 saturated carbocycles. The van der Waals surface area contributed by atoms with Gasteiger partial charge in [-0.15, -0.1) is 0 Å². The van der Waals surface area contributed by atoms with Crippen molar-refractivity contribution in [1.82, 2.24) is 0 Å². The van der Waals surface area contributed by atoms with Crippen LogP contribution in [0.4, 0.5) is 0 Å². The average molecular weight is 256 g/mol. The molecule has 1 aliphatic rings. The molecule has 4 heteroatoms. The van der Waals surface area contributed by atoms with Gasteiger partial charge >= 0.3 is 11.9 Å². The second kappa shape index (κ2) is 6.76. The zero-order valence-electron chi connectivity index (χ0n) is 11.7. The highest BCUT2D eigenvalue weighted by atomic mass is 16.5. The lowest BCUT2D eigenvalue weighted by atomic mass is 9.66. The third-order valence-electron chi connectivity index (χ3n) is 3.86. The van der Waals surface area contributed by atoms with Gasteiger partial charge in [0.1, 0.15) is 0 Å². The third-order valence-corrected chi connectivity index (χ3v) is 3.86. The van der Waals surface area contributed by atoms with Crippen LogP contribution in [0.1, 0.15) is 52.9 Å². The van der Waals surface area contributed by atoms with Gasteiger partial charge in [-0.2, -0.15) is 0 Å². The van der Waals surface area contributed by atoms with Crippen LogP contribution < -0.4 is 0 Å². The van der Waals surface area contributed by atoms with Crippen molar-refractivity contribution < 1.29 is 19.1 Å². The number of carbonyl (C=O) groups is 2. The van der Waals surface area contributed by atoms with E-state index in [9.17, 15) is 9.59 Å². The quantitative estimate of drug-likeness (QED) is 0.710. The molecule has 1 aliphatic carbocycles. The molecule has 0 spiro atoms. The van der Waals surface area contributed by atoms with Crippen molar-refractivity contribution in [3.63, 3.8) is 0 Å². The average Bonchev–Trinajstić information content (AvgIpc) is 2.33. The van der Waals surface area contributed by atoms with E-state index in [1.54, 1.807) is 6.92 Å². The van der Waals surface area contributed by atoms with E-state index in [1.807, 2.05) is 13.8 Å². The van der Waals surface area contributed by atoms with Gasteiger partial charge in [0.2, 0.25) is 0 Å². The summed E-state index contributed by atoms with van der Waals surface area (Å²) in [5.41, 5.74) is -0.527. The summed E-state index contributed by atoms with van der Waals surface area (Å²) in [4.78, 5) is 23.7. The SMILES string of the molecule is CCOC(=O)C[C@@H]1CCCC[C@@]1(C)C(=O)OCC. The van der Waals surface area contributed by atoms with Crippen LogP contribution in [0, 0.1) is 11.3 Å². The van der Waals surface area contributed by atoms with Gasteiger partial charge in [0.25, 0.3) is 0 Å². The van der Waals surface area contributed by atoms with E-state index in [0.29, 0.717) is 19.6 Å². The predicted octanol–water partition coefficient (Wildman–Crippen LogP) is 2.70. The second-order valence-corrected chi connectivity index (χ2v) is 5.09. The summed E-state index contributed by atoms with van der Waals surface area (Å²) in [6.45, 7) is 6.31. The minimum atomic E-state index is -0.527. The number of ether oxygens (including phenoxy) is 2. The number of hydrogen-bond donors (Lipinski definition) is 0. The summed E-state index contributed by atoms with van der Waals surface area (Å²) in [5.74, 6) is -0.330. The predicted molar refractivity (Wildman–Crippen MR) is 67.9 cm³/mol. The molecule has 0 aromatic heterocycles. The van der Waals surface area contributed by atoms with Crippen LogP contribution in [0.2, 0.25) is 0 Å². The molecule has 0 radical (unpaired) electrons. The van der Waals surface area contributed by atoms with Crippen molar-refractivity contribution in [2.45, 2.75) is 52.9 Å². The Bertz CT molecular complexity index is 300. The molecule has 0 bridgehead atoms. The summed E-state index contributed by atoms with van der Waals surface area (Å²) < 4.78 is 10.2. The maximum atomic E-state index is 12.1. The van der Waals surface area contributed by atoms with E-state index in [4.69, 9.17) is 9.47 Å². The maximum absolute atomic E-state index is 12.1. The molecule has 0 amide bonds. The van der Waals surface area contributed by atoms with Gasteiger partial charge in [-0.3, -0.25) is 9.59 Å². The smallest absolute Gasteiger partial charge is 0.312 e. The fraction of sp³-hybridized carbons (Fsp3) is 0.857. The van der Waals surface area contributed by atoms with Crippen LogP contribution >= 0.6 is 0 Å². The van der Waals surface area contributed by atoms with Crippen molar-refractivity contribution in [3.05, 3.63) is 0 Å². The van der Waals surface area contributed by atoms with Crippen molar-refractivity contribution in [2.24, 2.45) is 11.3 Å². The normalized spacial score (nSPS) is 27.6. The van der Waals surface area contributed by atoms with Crippen molar-refractivity contribution in [2.75, 3.05) is 13.2 Å². The van der Waals surface area contributed by atoms with Gasteiger partial charge in [-0.25, -0.2) is 0 Å². The van der Waals surface area contributed by atoms with Gasteiger partial charge in [0.05, 0.1) is 18.6 Å². The molecule has 1 fully saturated rings. The summed E-state index contributed by atoms with van der Waals surface area (Å²) in [6, 6.07) is 0. The van der Waals surface area contributed by atoms with Gasteiger partial charge < -0.3 is 9.47 Å². The first kappa shape index (κ1) is 15.0. The maximum Gasteiger partial charge on any atom is 0.312 e. The zero-order valence-corrected chi connectivity index (χ0v) is 11.7. The molecule has 104 valence electrons. The van der Waals surface area contributed by atoms with E-state index in [-0.39, 0.29) is 17.9 Å². The van der Waals surface area contributed by atoms with Crippen LogP contribution in [0.15, 0.2) is 0 Å². The Balaban J connectivity index is 2.72. The fourth-order valence-electron chi connectivity index (χ4n) is 2.72. The molecule has 0 heterocycles. The molecule has 1 rings (SSSR count). The first-order valence-electron chi connectivity index (χ1n) is 6.87. The minimum Gasteiger partial charge on any atom is -0.466 e. The van der Waals surface area contributed by atoms with E-state index >= 15 is 0 Å². The summed E-state index contributed by atoms with van der Waals surface area (Å²) >= 11 is 0.